The summed E-state index contributed by atoms with van der Waals surface area (Å²) in [6, 6.07) is 2.89. The minimum absolute atomic E-state index is 0.132. The third-order valence-corrected chi connectivity index (χ3v) is 3.87. The third kappa shape index (κ3) is 2.92. The van der Waals surface area contributed by atoms with Gasteiger partial charge < -0.3 is 10.6 Å². The lowest BCUT2D eigenvalue weighted by molar-refractivity contribution is 0.0646. The molecular weight excluding hydrogens is 245 g/mol. The maximum atomic E-state index is 12.8. The van der Waals surface area contributed by atoms with Gasteiger partial charge in [-0.05, 0) is 44.4 Å². The van der Waals surface area contributed by atoms with E-state index >= 15 is 0 Å². The summed E-state index contributed by atoms with van der Waals surface area (Å²) in [6.07, 6.45) is 4.24. The van der Waals surface area contributed by atoms with Crippen LogP contribution < -0.4 is 5.73 Å². The Bertz CT molecular complexity index is 435. The summed E-state index contributed by atoms with van der Waals surface area (Å²) in [5.41, 5.74) is 6.07. The fourth-order valence-electron chi connectivity index (χ4n) is 2.88. The van der Waals surface area contributed by atoms with E-state index in [0.717, 1.165) is 25.5 Å². The van der Waals surface area contributed by atoms with Gasteiger partial charge in [-0.3, -0.25) is 4.79 Å². The number of amides is 1. The quantitative estimate of drug-likeness (QED) is 0.903. The van der Waals surface area contributed by atoms with E-state index in [1.54, 1.807) is 0 Å². The molecule has 1 amide bonds. The fraction of sp³-hybridized carbons (Fsp3) is 0.571. The lowest BCUT2D eigenvalue weighted by atomic mass is 10.0. The first-order chi connectivity index (χ1) is 9.17. The van der Waals surface area contributed by atoms with E-state index in [1.807, 2.05) is 11.8 Å². The molecule has 19 heavy (non-hydrogen) atoms. The predicted molar refractivity (Wildman–Crippen MR) is 71.1 cm³/mol. The van der Waals surface area contributed by atoms with Crippen LogP contribution in [0, 0.1) is 11.7 Å². The zero-order valence-corrected chi connectivity index (χ0v) is 11.2. The van der Waals surface area contributed by atoms with Gasteiger partial charge in [0.05, 0.1) is 6.20 Å². The van der Waals surface area contributed by atoms with Gasteiger partial charge in [-0.25, -0.2) is 9.37 Å². The first-order valence-corrected chi connectivity index (χ1v) is 6.80. The van der Waals surface area contributed by atoms with Crippen LogP contribution in [-0.2, 0) is 0 Å². The van der Waals surface area contributed by atoms with Crippen molar-refractivity contribution in [3.63, 3.8) is 0 Å². The molecule has 1 aromatic rings. The maximum absolute atomic E-state index is 12.8. The highest BCUT2D eigenvalue weighted by Crippen LogP contribution is 2.29. The van der Waals surface area contributed by atoms with Gasteiger partial charge in [0.1, 0.15) is 11.5 Å². The highest BCUT2D eigenvalue weighted by atomic mass is 19.1. The number of halogens is 1. The summed E-state index contributed by atoms with van der Waals surface area (Å²) in [4.78, 5) is 18.1. The monoisotopic (exact) mass is 265 g/mol. The Morgan fingerprint density at radius 2 is 2.32 bits per heavy atom. The molecule has 0 spiro atoms. The van der Waals surface area contributed by atoms with Crippen LogP contribution in [0.15, 0.2) is 18.3 Å². The number of hydrogen-bond donors (Lipinski definition) is 1. The van der Waals surface area contributed by atoms with E-state index in [1.165, 1.54) is 12.1 Å². The molecule has 2 rings (SSSR count). The summed E-state index contributed by atoms with van der Waals surface area (Å²) in [5.74, 6) is -0.197. The standard InChI is InChI=1S/C14H20FN3O/c1-2-18(13-5-3-4-10(13)8-16)14(19)12-7-6-11(15)9-17-12/h6-7,9-10,13H,2-5,8,16H2,1H3. The molecule has 1 fully saturated rings. The van der Waals surface area contributed by atoms with Crippen molar-refractivity contribution in [2.75, 3.05) is 13.1 Å². The number of hydrogen-bond acceptors (Lipinski definition) is 3. The fourth-order valence-corrected chi connectivity index (χ4v) is 2.88. The Hall–Kier alpha value is -1.49. The summed E-state index contributed by atoms with van der Waals surface area (Å²) in [7, 11) is 0. The van der Waals surface area contributed by atoms with E-state index < -0.39 is 5.82 Å². The van der Waals surface area contributed by atoms with Crippen molar-refractivity contribution in [2.24, 2.45) is 11.7 Å². The summed E-state index contributed by atoms with van der Waals surface area (Å²) >= 11 is 0. The SMILES string of the molecule is CCN(C(=O)c1ccc(F)cn1)C1CCCC1CN. The van der Waals surface area contributed by atoms with Crippen LogP contribution in [0.4, 0.5) is 4.39 Å². The first kappa shape index (κ1) is 13.9. The highest BCUT2D eigenvalue weighted by molar-refractivity contribution is 5.92. The molecule has 0 radical (unpaired) electrons. The molecule has 0 aromatic carbocycles. The lowest BCUT2D eigenvalue weighted by Crippen LogP contribution is -2.44. The van der Waals surface area contributed by atoms with Crippen LogP contribution in [0.3, 0.4) is 0 Å². The first-order valence-electron chi connectivity index (χ1n) is 6.80. The number of carbonyl (C=O) groups is 1. The molecule has 5 heteroatoms. The summed E-state index contributed by atoms with van der Waals surface area (Å²) < 4.78 is 12.8. The van der Waals surface area contributed by atoms with Gasteiger partial charge in [0.2, 0.25) is 0 Å². The smallest absolute Gasteiger partial charge is 0.272 e. The van der Waals surface area contributed by atoms with Gasteiger partial charge >= 0.3 is 0 Å². The van der Waals surface area contributed by atoms with Crippen LogP contribution in [0.1, 0.15) is 36.7 Å². The largest absolute Gasteiger partial charge is 0.334 e. The molecule has 4 nitrogen and oxygen atoms in total. The van der Waals surface area contributed by atoms with Gasteiger partial charge in [-0.1, -0.05) is 6.42 Å². The van der Waals surface area contributed by atoms with Crippen molar-refractivity contribution in [1.29, 1.82) is 0 Å². The van der Waals surface area contributed by atoms with Crippen molar-refractivity contribution in [2.45, 2.75) is 32.2 Å². The van der Waals surface area contributed by atoms with Crippen molar-refractivity contribution < 1.29 is 9.18 Å². The molecular formula is C14H20FN3O. The molecule has 1 aliphatic rings. The number of carbonyl (C=O) groups excluding carboxylic acids is 1. The normalized spacial score (nSPS) is 22.5. The minimum Gasteiger partial charge on any atom is -0.334 e. The van der Waals surface area contributed by atoms with Crippen LogP contribution in [0.5, 0.6) is 0 Å². The Kier molecular flexibility index (Phi) is 4.47. The van der Waals surface area contributed by atoms with Crippen molar-refractivity contribution >= 4 is 5.91 Å². The van der Waals surface area contributed by atoms with E-state index in [9.17, 15) is 9.18 Å². The molecule has 2 atom stereocenters. The maximum Gasteiger partial charge on any atom is 0.272 e. The number of pyridine rings is 1. The van der Waals surface area contributed by atoms with Crippen LogP contribution >= 0.6 is 0 Å². The Labute approximate surface area is 112 Å². The van der Waals surface area contributed by atoms with Gasteiger partial charge in [-0.15, -0.1) is 0 Å². The van der Waals surface area contributed by atoms with Crippen LogP contribution in [0.2, 0.25) is 0 Å². The molecule has 1 saturated carbocycles. The lowest BCUT2D eigenvalue weighted by Gasteiger charge is -2.31. The van der Waals surface area contributed by atoms with Gasteiger partial charge in [0.25, 0.3) is 5.91 Å². The molecule has 2 N–H and O–H groups in total. The molecule has 0 aliphatic heterocycles. The van der Waals surface area contributed by atoms with Crippen LogP contribution in [-0.4, -0.2) is 34.9 Å². The Morgan fingerprint density at radius 1 is 1.53 bits per heavy atom. The third-order valence-electron chi connectivity index (χ3n) is 3.87. The molecule has 2 unspecified atom stereocenters. The second-order valence-electron chi connectivity index (χ2n) is 4.95. The van der Waals surface area contributed by atoms with Gasteiger partial charge in [-0.2, -0.15) is 0 Å². The number of nitrogens with two attached hydrogens (primary N) is 1. The summed E-state index contributed by atoms with van der Waals surface area (Å²) in [5, 5.41) is 0. The van der Waals surface area contributed by atoms with Gasteiger partial charge in [0.15, 0.2) is 0 Å². The minimum atomic E-state index is -0.430. The van der Waals surface area contributed by atoms with E-state index in [2.05, 4.69) is 4.98 Å². The number of aromatic nitrogens is 1. The molecule has 0 saturated heterocycles. The number of nitrogens with zero attached hydrogens (tertiary/aromatic N) is 2. The molecule has 1 heterocycles. The molecule has 1 aliphatic carbocycles. The Morgan fingerprint density at radius 3 is 2.89 bits per heavy atom. The highest BCUT2D eigenvalue weighted by Gasteiger charge is 2.33. The zero-order chi connectivity index (χ0) is 13.8. The van der Waals surface area contributed by atoms with Crippen molar-refractivity contribution in [1.82, 2.24) is 9.88 Å². The van der Waals surface area contributed by atoms with Crippen molar-refractivity contribution in [3.8, 4) is 0 Å². The second-order valence-corrected chi connectivity index (χ2v) is 4.95. The number of rotatable bonds is 4. The predicted octanol–water partition coefficient (Wildman–Crippen LogP) is 1.81. The molecule has 1 aromatic heterocycles. The van der Waals surface area contributed by atoms with Crippen molar-refractivity contribution in [3.05, 3.63) is 29.8 Å². The van der Waals surface area contributed by atoms with E-state index in [0.29, 0.717) is 24.7 Å². The van der Waals surface area contributed by atoms with Gasteiger partial charge in [0, 0.05) is 12.6 Å². The summed E-state index contributed by atoms with van der Waals surface area (Å²) in [6.45, 7) is 3.18. The average molecular weight is 265 g/mol. The van der Waals surface area contributed by atoms with Crippen LogP contribution in [0.25, 0.3) is 0 Å². The molecule has 104 valence electrons. The Balaban J connectivity index is 2.17. The molecule has 0 bridgehead atoms. The van der Waals surface area contributed by atoms with E-state index in [-0.39, 0.29) is 11.9 Å². The topological polar surface area (TPSA) is 59.2 Å². The second kappa shape index (κ2) is 6.10. The van der Waals surface area contributed by atoms with E-state index in [4.69, 9.17) is 5.73 Å². The average Bonchev–Trinajstić information content (AvgIpc) is 2.88. The zero-order valence-electron chi connectivity index (χ0n) is 11.2.